The maximum atomic E-state index is 6.17. The Bertz CT molecular complexity index is 553. The number of rotatable bonds is 5. The van der Waals surface area contributed by atoms with E-state index in [1.54, 1.807) is 0 Å². The van der Waals surface area contributed by atoms with Gasteiger partial charge in [0, 0.05) is 12.0 Å². The van der Waals surface area contributed by atoms with Crippen LogP contribution in [0.4, 0.5) is 0 Å². The minimum absolute atomic E-state index is 0.0446. The van der Waals surface area contributed by atoms with E-state index in [0.717, 1.165) is 12.8 Å². The highest BCUT2D eigenvalue weighted by molar-refractivity contribution is 5.34. The first-order valence-corrected chi connectivity index (χ1v) is 7.43. The molecular weight excluding hydrogens is 242 g/mol. The molecule has 0 heterocycles. The molecule has 0 spiro atoms. The molecule has 2 aromatic carbocycles. The summed E-state index contributed by atoms with van der Waals surface area (Å²) in [4.78, 5) is 0. The lowest BCUT2D eigenvalue weighted by Crippen LogP contribution is -2.36. The summed E-state index contributed by atoms with van der Waals surface area (Å²) in [5.74, 6) is 0. The highest BCUT2D eigenvalue weighted by Gasteiger charge is 2.29. The molecule has 1 unspecified atom stereocenters. The van der Waals surface area contributed by atoms with E-state index in [2.05, 4.69) is 69.3 Å². The minimum atomic E-state index is 0.0446. The summed E-state index contributed by atoms with van der Waals surface area (Å²) in [5.41, 5.74) is 11.6. The largest absolute Gasteiger partial charge is 0.330 e. The SMILES string of the molecule is CCC(CN)(Cc1ccc(C)c(C)c1)c1ccccc1. The summed E-state index contributed by atoms with van der Waals surface area (Å²) in [6.07, 6.45) is 2.06. The monoisotopic (exact) mass is 267 g/mol. The summed E-state index contributed by atoms with van der Waals surface area (Å²) < 4.78 is 0. The van der Waals surface area contributed by atoms with Crippen molar-refractivity contribution >= 4 is 0 Å². The van der Waals surface area contributed by atoms with Crippen LogP contribution in [0.15, 0.2) is 48.5 Å². The molecule has 0 bridgehead atoms. The predicted molar refractivity (Wildman–Crippen MR) is 87.1 cm³/mol. The van der Waals surface area contributed by atoms with E-state index in [1.165, 1.54) is 22.3 Å². The predicted octanol–water partition coefficient (Wildman–Crippen LogP) is 4.15. The highest BCUT2D eigenvalue weighted by atomic mass is 14.6. The minimum Gasteiger partial charge on any atom is -0.330 e. The molecule has 0 aliphatic rings. The van der Waals surface area contributed by atoms with Crippen LogP contribution >= 0.6 is 0 Å². The van der Waals surface area contributed by atoms with Gasteiger partial charge in [-0.3, -0.25) is 0 Å². The lowest BCUT2D eigenvalue weighted by Gasteiger charge is -2.32. The Kier molecular flexibility index (Phi) is 4.61. The van der Waals surface area contributed by atoms with E-state index in [9.17, 15) is 0 Å². The van der Waals surface area contributed by atoms with Gasteiger partial charge in [-0.05, 0) is 48.9 Å². The van der Waals surface area contributed by atoms with Gasteiger partial charge in [-0.1, -0.05) is 55.5 Å². The van der Waals surface area contributed by atoms with Gasteiger partial charge < -0.3 is 5.73 Å². The normalized spacial score (nSPS) is 14.0. The van der Waals surface area contributed by atoms with Gasteiger partial charge in [-0.25, -0.2) is 0 Å². The fourth-order valence-corrected chi connectivity index (χ4v) is 2.86. The van der Waals surface area contributed by atoms with Crippen molar-refractivity contribution in [3.8, 4) is 0 Å². The first-order chi connectivity index (χ1) is 9.61. The molecule has 1 nitrogen and oxygen atoms in total. The molecule has 0 aliphatic carbocycles. The third-order valence-electron chi connectivity index (χ3n) is 4.57. The third kappa shape index (κ3) is 2.94. The molecule has 0 saturated carbocycles. The van der Waals surface area contributed by atoms with Crippen molar-refractivity contribution in [3.05, 3.63) is 70.8 Å². The summed E-state index contributed by atoms with van der Waals surface area (Å²) >= 11 is 0. The Morgan fingerprint density at radius 3 is 2.20 bits per heavy atom. The smallest absolute Gasteiger partial charge is 0.0113 e. The molecular formula is C19H25N. The molecule has 0 amide bonds. The molecule has 0 aromatic heterocycles. The van der Waals surface area contributed by atoms with E-state index >= 15 is 0 Å². The Hall–Kier alpha value is -1.60. The average Bonchev–Trinajstić information content (AvgIpc) is 2.49. The van der Waals surface area contributed by atoms with Crippen LogP contribution in [-0.2, 0) is 11.8 Å². The quantitative estimate of drug-likeness (QED) is 0.865. The van der Waals surface area contributed by atoms with Gasteiger partial charge in [0.2, 0.25) is 0 Å². The maximum Gasteiger partial charge on any atom is 0.0113 e. The van der Waals surface area contributed by atoms with Crippen LogP contribution in [0.5, 0.6) is 0 Å². The van der Waals surface area contributed by atoms with Gasteiger partial charge in [-0.15, -0.1) is 0 Å². The van der Waals surface area contributed by atoms with E-state index in [-0.39, 0.29) is 5.41 Å². The first kappa shape index (κ1) is 14.8. The Labute approximate surface area is 122 Å². The number of nitrogens with two attached hydrogens (primary N) is 1. The second-order valence-corrected chi connectivity index (χ2v) is 5.80. The fourth-order valence-electron chi connectivity index (χ4n) is 2.86. The zero-order valence-corrected chi connectivity index (χ0v) is 12.8. The zero-order valence-electron chi connectivity index (χ0n) is 12.8. The molecule has 2 rings (SSSR count). The number of hydrogen-bond acceptors (Lipinski definition) is 1. The molecule has 2 aromatic rings. The van der Waals surface area contributed by atoms with Gasteiger partial charge in [0.15, 0.2) is 0 Å². The van der Waals surface area contributed by atoms with Gasteiger partial charge in [0.1, 0.15) is 0 Å². The fraction of sp³-hybridized carbons (Fsp3) is 0.368. The second-order valence-electron chi connectivity index (χ2n) is 5.80. The molecule has 0 saturated heterocycles. The molecule has 0 fully saturated rings. The summed E-state index contributed by atoms with van der Waals surface area (Å²) in [7, 11) is 0. The van der Waals surface area contributed by atoms with Crippen molar-refractivity contribution in [2.75, 3.05) is 6.54 Å². The molecule has 20 heavy (non-hydrogen) atoms. The van der Waals surface area contributed by atoms with Gasteiger partial charge in [-0.2, -0.15) is 0 Å². The lowest BCUT2D eigenvalue weighted by atomic mass is 9.73. The summed E-state index contributed by atoms with van der Waals surface area (Å²) in [6.45, 7) is 7.26. The second kappa shape index (κ2) is 6.23. The Morgan fingerprint density at radius 2 is 1.65 bits per heavy atom. The van der Waals surface area contributed by atoms with Crippen LogP contribution in [0, 0.1) is 13.8 Å². The van der Waals surface area contributed by atoms with E-state index in [1.807, 2.05) is 0 Å². The van der Waals surface area contributed by atoms with E-state index < -0.39 is 0 Å². The van der Waals surface area contributed by atoms with Crippen molar-refractivity contribution < 1.29 is 0 Å². The number of benzene rings is 2. The zero-order chi connectivity index (χ0) is 14.6. The van der Waals surface area contributed by atoms with Crippen molar-refractivity contribution in [2.24, 2.45) is 5.73 Å². The Balaban J connectivity index is 2.36. The topological polar surface area (TPSA) is 26.0 Å². The van der Waals surface area contributed by atoms with Crippen LogP contribution in [0.25, 0.3) is 0 Å². The molecule has 2 N–H and O–H groups in total. The van der Waals surface area contributed by atoms with Crippen molar-refractivity contribution in [3.63, 3.8) is 0 Å². The van der Waals surface area contributed by atoms with E-state index in [0.29, 0.717) is 6.54 Å². The average molecular weight is 267 g/mol. The van der Waals surface area contributed by atoms with Gasteiger partial charge in [0.25, 0.3) is 0 Å². The maximum absolute atomic E-state index is 6.17. The molecule has 0 aliphatic heterocycles. The number of hydrogen-bond donors (Lipinski definition) is 1. The standard InChI is InChI=1S/C19H25N/c1-4-19(14-20,18-8-6-5-7-9-18)13-17-11-10-15(2)16(3)12-17/h5-12H,4,13-14,20H2,1-3H3. The van der Waals surface area contributed by atoms with Crippen LogP contribution in [0.1, 0.15) is 35.6 Å². The number of aryl methyl sites for hydroxylation is 2. The van der Waals surface area contributed by atoms with Crippen molar-refractivity contribution in [1.29, 1.82) is 0 Å². The van der Waals surface area contributed by atoms with Crippen LogP contribution in [0.2, 0.25) is 0 Å². The van der Waals surface area contributed by atoms with Crippen LogP contribution in [-0.4, -0.2) is 6.54 Å². The van der Waals surface area contributed by atoms with Crippen molar-refractivity contribution in [2.45, 2.75) is 39.0 Å². The molecule has 106 valence electrons. The van der Waals surface area contributed by atoms with Gasteiger partial charge >= 0.3 is 0 Å². The summed E-state index contributed by atoms with van der Waals surface area (Å²) in [5, 5.41) is 0. The molecule has 0 radical (unpaired) electrons. The van der Waals surface area contributed by atoms with Crippen LogP contribution in [0.3, 0.4) is 0 Å². The molecule has 1 atom stereocenters. The highest BCUT2D eigenvalue weighted by Crippen LogP contribution is 2.31. The van der Waals surface area contributed by atoms with Crippen LogP contribution < -0.4 is 5.73 Å². The Morgan fingerprint density at radius 1 is 0.950 bits per heavy atom. The summed E-state index contributed by atoms with van der Waals surface area (Å²) in [6, 6.07) is 17.5. The third-order valence-corrected chi connectivity index (χ3v) is 4.57. The van der Waals surface area contributed by atoms with Crippen molar-refractivity contribution in [1.82, 2.24) is 0 Å². The van der Waals surface area contributed by atoms with Gasteiger partial charge in [0.05, 0.1) is 0 Å². The lowest BCUT2D eigenvalue weighted by molar-refractivity contribution is 0.418. The van der Waals surface area contributed by atoms with E-state index in [4.69, 9.17) is 5.73 Å². The molecule has 1 heteroatoms. The first-order valence-electron chi connectivity index (χ1n) is 7.43.